The maximum absolute atomic E-state index is 13.6. The predicted octanol–water partition coefficient (Wildman–Crippen LogP) is 7.14. The minimum atomic E-state index is -0.0738. The molecule has 0 unspecified atom stereocenters. The van der Waals surface area contributed by atoms with Crippen molar-refractivity contribution >= 4 is 22.4 Å². The van der Waals surface area contributed by atoms with Gasteiger partial charge < -0.3 is 20.6 Å². The van der Waals surface area contributed by atoms with E-state index >= 15 is 0 Å². The molecule has 0 bridgehead atoms. The molecule has 6 heteroatoms. The van der Waals surface area contributed by atoms with Crippen molar-refractivity contribution in [2.45, 2.75) is 39.3 Å². The fourth-order valence-electron chi connectivity index (χ4n) is 5.51. The maximum Gasteiger partial charge on any atom is 0.278 e. The number of rotatable bonds is 9. The first-order valence-electron chi connectivity index (χ1n) is 14.5. The maximum atomic E-state index is 13.6. The number of aryl methyl sites for hydroxylation is 1. The van der Waals surface area contributed by atoms with Crippen LogP contribution in [0.1, 0.15) is 36.7 Å². The van der Waals surface area contributed by atoms with Crippen molar-refractivity contribution in [3.8, 4) is 22.3 Å². The number of unbranched alkanes of at least 4 members (excludes halogenated alkanes) is 1. The van der Waals surface area contributed by atoms with E-state index in [1.807, 2.05) is 60.8 Å². The van der Waals surface area contributed by atoms with E-state index in [-0.39, 0.29) is 5.56 Å². The fraction of sp³-hybridized carbons (Fsp3) is 0.167. The molecule has 42 heavy (non-hydrogen) atoms. The molecule has 4 N–H and O–H groups in total. The molecule has 0 saturated heterocycles. The Kier molecular flexibility index (Phi) is 7.60. The van der Waals surface area contributed by atoms with Crippen molar-refractivity contribution < 1.29 is 0 Å². The highest BCUT2D eigenvalue weighted by Gasteiger charge is 2.16. The van der Waals surface area contributed by atoms with Crippen LogP contribution in [0.15, 0.2) is 114 Å². The van der Waals surface area contributed by atoms with Gasteiger partial charge in [-0.15, -0.1) is 0 Å². The van der Waals surface area contributed by atoms with Gasteiger partial charge in [0, 0.05) is 41.7 Å². The van der Waals surface area contributed by atoms with Crippen molar-refractivity contribution in [3.05, 3.63) is 137 Å². The van der Waals surface area contributed by atoms with Crippen LogP contribution in [0.5, 0.6) is 0 Å². The second-order valence-corrected chi connectivity index (χ2v) is 10.8. The Bertz CT molecular complexity index is 1900. The van der Waals surface area contributed by atoms with Gasteiger partial charge in [0.05, 0.1) is 12.1 Å². The zero-order valence-corrected chi connectivity index (χ0v) is 23.8. The number of nitrogens with zero attached hydrogens (tertiary/aromatic N) is 3. The van der Waals surface area contributed by atoms with E-state index in [1.54, 1.807) is 4.57 Å². The topological polar surface area (TPSA) is 91.9 Å². The molecule has 210 valence electrons. The van der Waals surface area contributed by atoms with Gasteiger partial charge in [-0.3, -0.25) is 4.79 Å². The number of imidazole rings is 1. The van der Waals surface area contributed by atoms with Gasteiger partial charge in [-0.25, -0.2) is 4.98 Å². The Balaban J connectivity index is 1.28. The lowest BCUT2D eigenvalue weighted by Gasteiger charge is -2.12. The van der Waals surface area contributed by atoms with Crippen molar-refractivity contribution in [1.82, 2.24) is 14.1 Å². The summed E-state index contributed by atoms with van der Waals surface area (Å²) in [5.74, 6) is 0.947. The highest BCUT2D eigenvalue weighted by atomic mass is 16.1. The molecular formula is C36H35N5O. The molecule has 0 fully saturated rings. The van der Waals surface area contributed by atoms with Crippen LogP contribution in [0.4, 0.5) is 11.4 Å². The van der Waals surface area contributed by atoms with E-state index < -0.39 is 0 Å². The molecule has 4 aromatic carbocycles. The van der Waals surface area contributed by atoms with E-state index in [2.05, 4.69) is 60.0 Å². The normalized spacial score (nSPS) is 11.3. The van der Waals surface area contributed by atoms with Crippen LogP contribution in [0, 0.1) is 0 Å². The second-order valence-electron chi connectivity index (χ2n) is 10.8. The number of benzene rings is 4. The molecule has 0 amide bonds. The lowest BCUT2D eigenvalue weighted by Crippen LogP contribution is -2.20. The molecule has 0 aliphatic rings. The number of anilines is 2. The second kappa shape index (κ2) is 11.8. The largest absolute Gasteiger partial charge is 0.398 e. The number of hydrogen-bond acceptors (Lipinski definition) is 4. The van der Waals surface area contributed by atoms with E-state index in [4.69, 9.17) is 16.5 Å². The molecule has 0 radical (unpaired) electrons. The smallest absolute Gasteiger partial charge is 0.278 e. The Morgan fingerprint density at radius 1 is 0.690 bits per heavy atom. The van der Waals surface area contributed by atoms with Crippen LogP contribution in [0.25, 0.3) is 33.3 Å². The molecule has 6 aromatic rings. The first-order chi connectivity index (χ1) is 20.5. The van der Waals surface area contributed by atoms with Crippen molar-refractivity contribution in [3.63, 3.8) is 0 Å². The fourth-order valence-corrected chi connectivity index (χ4v) is 5.51. The van der Waals surface area contributed by atoms with Gasteiger partial charge in [0.25, 0.3) is 5.56 Å². The predicted molar refractivity (Wildman–Crippen MR) is 173 cm³/mol. The van der Waals surface area contributed by atoms with Crippen LogP contribution in [0.3, 0.4) is 0 Å². The average Bonchev–Trinajstić information content (AvgIpc) is 3.36. The number of aromatic nitrogens is 3. The molecule has 0 spiro atoms. The third kappa shape index (κ3) is 5.44. The molecule has 0 saturated carbocycles. The molecule has 6 rings (SSSR count). The summed E-state index contributed by atoms with van der Waals surface area (Å²) in [4.78, 5) is 18.5. The van der Waals surface area contributed by atoms with Crippen LogP contribution in [-0.2, 0) is 19.5 Å². The Hall–Kier alpha value is -5.10. The first-order valence-corrected chi connectivity index (χ1v) is 14.5. The molecule has 0 atom stereocenters. The summed E-state index contributed by atoms with van der Waals surface area (Å²) in [6.45, 7) is 3.29. The number of pyridine rings is 1. The zero-order valence-electron chi connectivity index (χ0n) is 23.8. The number of hydrogen-bond donors (Lipinski definition) is 2. The Labute approximate surface area is 245 Å². The lowest BCUT2D eigenvalue weighted by molar-refractivity contribution is 0.690. The number of fused-ring (bicyclic) bond motifs is 1. The summed E-state index contributed by atoms with van der Waals surface area (Å²) >= 11 is 0. The summed E-state index contributed by atoms with van der Waals surface area (Å²) in [5, 5.41) is 0. The van der Waals surface area contributed by atoms with E-state index in [0.29, 0.717) is 18.6 Å². The van der Waals surface area contributed by atoms with Gasteiger partial charge in [-0.1, -0.05) is 98.3 Å². The molecule has 2 heterocycles. The monoisotopic (exact) mass is 553 g/mol. The van der Waals surface area contributed by atoms with Gasteiger partial charge in [0.15, 0.2) is 5.52 Å². The quantitative estimate of drug-likeness (QED) is 0.186. The summed E-state index contributed by atoms with van der Waals surface area (Å²) in [7, 11) is 0. The van der Waals surface area contributed by atoms with Gasteiger partial charge in [-0.05, 0) is 46.9 Å². The zero-order chi connectivity index (χ0) is 29.1. The number of para-hydroxylation sites is 2. The van der Waals surface area contributed by atoms with Crippen LogP contribution >= 0.6 is 0 Å². The highest BCUT2D eigenvalue weighted by Crippen LogP contribution is 2.27. The van der Waals surface area contributed by atoms with E-state index in [9.17, 15) is 4.79 Å². The number of nitrogen functional groups attached to an aromatic ring is 2. The minimum absolute atomic E-state index is 0.0738. The summed E-state index contributed by atoms with van der Waals surface area (Å²) in [6, 6.07) is 34.5. The van der Waals surface area contributed by atoms with Gasteiger partial charge in [-0.2, -0.15) is 0 Å². The van der Waals surface area contributed by atoms with Crippen LogP contribution in [0.2, 0.25) is 0 Å². The third-order valence-corrected chi connectivity index (χ3v) is 7.86. The summed E-state index contributed by atoms with van der Waals surface area (Å²) in [6.07, 6.45) is 4.79. The SMILES string of the molecule is CCCCc1nc2c(=O)n(Cc3ccc(-c4ccccc4N)cc3)ccc2n1Cc1ccc(-c2ccccc2N)cc1. The summed E-state index contributed by atoms with van der Waals surface area (Å²) < 4.78 is 3.94. The highest BCUT2D eigenvalue weighted by molar-refractivity contribution is 5.77. The van der Waals surface area contributed by atoms with Crippen molar-refractivity contribution in [1.29, 1.82) is 0 Å². The summed E-state index contributed by atoms with van der Waals surface area (Å²) in [5.41, 5.74) is 21.5. The molecule has 0 aliphatic heterocycles. The van der Waals surface area contributed by atoms with E-state index in [1.165, 1.54) is 0 Å². The standard InChI is InChI=1S/C36H35N5O/c1-2-3-12-34-39-35-33(41(34)24-26-15-19-28(20-16-26)30-9-5-7-11-32(30)38)21-22-40(36(35)42)23-25-13-17-27(18-14-25)29-8-4-6-10-31(29)37/h4-11,13-22H,2-3,12,23-24,37-38H2,1H3. The van der Waals surface area contributed by atoms with Crippen LogP contribution in [-0.4, -0.2) is 14.1 Å². The Morgan fingerprint density at radius 3 is 1.79 bits per heavy atom. The van der Waals surface area contributed by atoms with Crippen molar-refractivity contribution in [2.75, 3.05) is 11.5 Å². The molecule has 2 aromatic heterocycles. The number of nitrogens with two attached hydrogens (primary N) is 2. The van der Waals surface area contributed by atoms with Crippen LogP contribution < -0.4 is 17.0 Å². The Morgan fingerprint density at radius 2 is 1.24 bits per heavy atom. The third-order valence-electron chi connectivity index (χ3n) is 7.86. The molecule has 6 nitrogen and oxygen atoms in total. The van der Waals surface area contributed by atoms with Gasteiger partial charge >= 0.3 is 0 Å². The molecular weight excluding hydrogens is 518 g/mol. The minimum Gasteiger partial charge on any atom is -0.398 e. The van der Waals surface area contributed by atoms with Gasteiger partial charge in [0.1, 0.15) is 5.82 Å². The van der Waals surface area contributed by atoms with Gasteiger partial charge in [0.2, 0.25) is 0 Å². The average molecular weight is 554 g/mol. The first kappa shape index (κ1) is 27.1. The molecule has 0 aliphatic carbocycles. The lowest BCUT2D eigenvalue weighted by atomic mass is 10.0. The van der Waals surface area contributed by atoms with E-state index in [0.717, 1.165) is 75.4 Å². The van der Waals surface area contributed by atoms with Crippen molar-refractivity contribution in [2.24, 2.45) is 0 Å².